The van der Waals surface area contributed by atoms with Crippen molar-refractivity contribution in [2.24, 2.45) is 10.7 Å². The predicted molar refractivity (Wildman–Crippen MR) is 89.4 cm³/mol. The zero-order valence-corrected chi connectivity index (χ0v) is 14.8. The highest BCUT2D eigenvalue weighted by Gasteiger charge is 2.45. The van der Waals surface area contributed by atoms with Gasteiger partial charge in [0.2, 0.25) is 10.0 Å². The summed E-state index contributed by atoms with van der Waals surface area (Å²) in [6, 6.07) is 3.81. The van der Waals surface area contributed by atoms with Crippen molar-refractivity contribution in [3.8, 4) is 0 Å². The van der Waals surface area contributed by atoms with Crippen molar-refractivity contribution in [2.45, 2.75) is 38.1 Å². The average molecular weight is 339 g/mol. The van der Waals surface area contributed by atoms with E-state index in [0.29, 0.717) is 17.0 Å². The van der Waals surface area contributed by atoms with Gasteiger partial charge in [-0.1, -0.05) is 0 Å². The number of nitrogens with zero attached hydrogens (tertiary/aromatic N) is 2. The highest BCUT2D eigenvalue weighted by molar-refractivity contribution is 7.89. The molecule has 0 aliphatic carbocycles. The van der Waals surface area contributed by atoms with E-state index in [1.807, 2.05) is 20.8 Å². The Labute approximate surface area is 136 Å². The van der Waals surface area contributed by atoms with Gasteiger partial charge in [-0.25, -0.2) is 12.8 Å². The smallest absolute Gasteiger partial charge is 0.244 e. The number of aliphatic imine (C=N–C) groups is 1. The lowest BCUT2D eigenvalue weighted by Gasteiger charge is -2.32. The molecule has 0 bridgehead atoms. The van der Waals surface area contributed by atoms with Gasteiger partial charge >= 0.3 is 0 Å². The number of halogens is 1. The van der Waals surface area contributed by atoms with Crippen LogP contribution < -0.4 is 5.73 Å². The van der Waals surface area contributed by atoms with Gasteiger partial charge < -0.3 is 5.73 Å². The van der Waals surface area contributed by atoms with Gasteiger partial charge in [-0.15, -0.1) is 0 Å². The van der Waals surface area contributed by atoms with E-state index in [9.17, 15) is 12.8 Å². The van der Waals surface area contributed by atoms with Crippen LogP contribution in [0.5, 0.6) is 0 Å². The number of rotatable bonds is 3. The van der Waals surface area contributed by atoms with Crippen LogP contribution in [0.1, 0.15) is 26.3 Å². The minimum atomic E-state index is -3.86. The lowest BCUT2D eigenvalue weighted by molar-refractivity contribution is 0.313. The summed E-state index contributed by atoms with van der Waals surface area (Å²) in [5, 5.41) is 0. The Morgan fingerprint density at radius 2 is 1.91 bits per heavy atom. The van der Waals surface area contributed by atoms with Crippen LogP contribution in [0.4, 0.5) is 4.39 Å². The summed E-state index contributed by atoms with van der Waals surface area (Å²) in [5.41, 5.74) is 7.24. The first-order valence-electron chi connectivity index (χ1n) is 7.24. The summed E-state index contributed by atoms with van der Waals surface area (Å²) in [4.78, 5) is 3.91. The quantitative estimate of drug-likeness (QED) is 0.678. The van der Waals surface area contributed by atoms with Gasteiger partial charge in [-0.3, -0.25) is 4.99 Å². The molecule has 0 spiro atoms. The first-order valence-corrected chi connectivity index (χ1v) is 8.68. The fourth-order valence-corrected chi connectivity index (χ4v) is 4.68. The van der Waals surface area contributed by atoms with Crippen LogP contribution >= 0.6 is 0 Å². The van der Waals surface area contributed by atoms with Crippen LogP contribution in [0.15, 0.2) is 39.2 Å². The maximum atomic E-state index is 13.6. The van der Waals surface area contributed by atoms with E-state index in [2.05, 4.69) is 4.99 Å². The number of amidine groups is 1. The maximum Gasteiger partial charge on any atom is 0.244 e. The molecule has 1 aromatic rings. The molecule has 0 atom stereocenters. The molecular formula is C16H22FN3O2S. The van der Waals surface area contributed by atoms with Crippen molar-refractivity contribution >= 4 is 15.9 Å². The average Bonchev–Trinajstić information content (AvgIpc) is 2.68. The Morgan fingerprint density at radius 1 is 1.30 bits per heavy atom. The third kappa shape index (κ3) is 2.90. The molecule has 2 N–H and O–H groups in total. The molecule has 126 valence electrons. The molecule has 1 aromatic carbocycles. The third-order valence-electron chi connectivity index (χ3n) is 4.45. The Kier molecular flexibility index (Phi) is 4.38. The van der Waals surface area contributed by atoms with Crippen molar-refractivity contribution in [3.63, 3.8) is 0 Å². The van der Waals surface area contributed by atoms with E-state index in [0.717, 1.165) is 11.6 Å². The van der Waals surface area contributed by atoms with Gasteiger partial charge in [-0.05, 0) is 57.0 Å². The van der Waals surface area contributed by atoms with Gasteiger partial charge in [0, 0.05) is 19.2 Å². The van der Waals surface area contributed by atoms with Crippen LogP contribution in [-0.4, -0.2) is 37.7 Å². The Bertz CT molecular complexity index is 790. The van der Waals surface area contributed by atoms with Crippen LogP contribution in [0.25, 0.3) is 0 Å². The first-order chi connectivity index (χ1) is 10.5. The van der Waals surface area contributed by atoms with Crippen molar-refractivity contribution in [2.75, 3.05) is 13.6 Å². The summed E-state index contributed by atoms with van der Waals surface area (Å²) < 4.78 is 41.0. The minimum absolute atomic E-state index is 0.0517. The molecule has 1 aliphatic rings. The molecule has 0 unspecified atom stereocenters. The molecule has 7 heteroatoms. The molecule has 0 aromatic heterocycles. The fraction of sp³-hybridized carbons (Fsp3) is 0.438. The second-order valence-corrected chi connectivity index (χ2v) is 8.11. The first kappa shape index (κ1) is 17.6. The molecule has 0 fully saturated rings. The predicted octanol–water partition coefficient (Wildman–Crippen LogP) is 2.22. The molecule has 0 saturated heterocycles. The van der Waals surface area contributed by atoms with Crippen molar-refractivity contribution in [1.29, 1.82) is 0 Å². The largest absolute Gasteiger partial charge is 0.384 e. The molecule has 23 heavy (non-hydrogen) atoms. The van der Waals surface area contributed by atoms with E-state index < -0.39 is 21.4 Å². The van der Waals surface area contributed by atoms with Gasteiger partial charge in [0.05, 0.1) is 10.4 Å². The highest BCUT2D eigenvalue weighted by atomic mass is 32.2. The Morgan fingerprint density at radius 3 is 2.43 bits per heavy atom. The van der Waals surface area contributed by atoms with Gasteiger partial charge in [0.1, 0.15) is 11.7 Å². The van der Waals surface area contributed by atoms with Gasteiger partial charge in [0.25, 0.3) is 0 Å². The maximum absolute atomic E-state index is 13.6. The van der Waals surface area contributed by atoms with Crippen molar-refractivity contribution < 1.29 is 12.8 Å². The summed E-state index contributed by atoms with van der Waals surface area (Å²) in [6.07, 6.45) is 0. The standard InChI is InChI=1S/C16H22FN3O2S/c1-10-6-12(17)8-13(7-10)23(21,22)20-9-14(15(18)19-5)11(2)16(20,3)4/h6-8H,9H2,1-5H3,(H2,18,19). The zero-order valence-electron chi connectivity index (χ0n) is 14.0. The molecule has 0 radical (unpaired) electrons. The summed E-state index contributed by atoms with van der Waals surface area (Å²) >= 11 is 0. The minimum Gasteiger partial charge on any atom is -0.384 e. The second kappa shape index (κ2) is 5.72. The summed E-state index contributed by atoms with van der Waals surface area (Å²) in [6.45, 7) is 7.25. The van der Waals surface area contributed by atoms with Crippen molar-refractivity contribution in [3.05, 3.63) is 40.7 Å². The Balaban J connectivity index is 2.54. The second-order valence-electron chi connectivity index (χ2n) is 6.25. The molecule has 2 rings (SSSR count). The molecule has 1 heterocycles. The van der Waals surface area contributed by atoms with E-state index in [1.54, 1.807) is 14.0 Å². The Hall–Kier alpha value is -1.73. The van der Waals surface area contributed by atoms with Crippen LogP contribution in [-0.2, 0) is 10.0 Å². The van der Waals surface area contributed by atoms with Crippen molar-refractivity contribution in [1.82, 2.24) is 4.31 Å². The molecule has 0 amide bonds. The molecule has 5 nitrogen and oxygen atoms in total. The number of hydrogen-bond donors (Lipinski definition) is 1. The summed E-state index contributed by atoms with van der Waals surface area (Å²) in [5.74, 6) is -0.246. The van der Waals surface area contributed by atoms with Gasteiger partial charge in [-0.2, -0.15) is 4.31 Å². The molecular weight excluding hydrogens is 317 g/mol. The number of aryl methyl sites for hydroxylation is 1. The lowest BCUT2D eigenvalue weighted by atomic mass is 9.95. The van der Waals surface area contributed by atoms with Gasteiger partial charge in [0.15, 0.2) is 0 Å². The fourth-order valence-electron chi connectivity index (χ4n) is 2.79. The number of benzene rings is 1. The third-order valence-corrected chi connectivity index (χ3v) is 6.45. The SMILES string of the molecule is CN=C(N)C1=C(C)C(C)(C)N(S(=O)(=O)c2cc(C)cc(F)c2)C1. The highest BCUT2D eigenvalue weighted by Crippen LogP contribution is 2.38. The van der Waals surface area contributed by atoms with E-state index in [4.69, 9.17) is 5.73 Å². The number of sulfonamides is 1. The normalized spacial score (nSPS) is 19.5. The lowest BCUT2D eigenvalue weighted by Crippen LogP contribution is -2.44. The summed E-state index contributed by atoms with van der Waals surface area (Å²) in [7, 11) is -2.29. The van der Waals surface area contributed by atoms with Crippen LogP contribution in [0, 0.1) is 12.7 Å². The van der Waals surface area contributed by atoms with E-state index in [1.165, 1.54) is 16.4 Å². The number of hydrogen-bond acceptors (Lipinski definition) is 3. The molecule has 0 saturated carbocycles. The monoisotopic (exact) mass is 339 g/mol. The molecule has 1 aliphatic heterocycles. The van der Waals surface area contributed by atoms with E-state index in [-0.39, 0.29) is 11.4 Å². The topological polar surface area (TPSA) is 75.8 Å². The van der Waals surface area contributed by atoms with Crippen LogP contribution in [0.3, 0.4) is 0 Å². The van der Waals surface area contributed by atoms with Crippen LogP contribution in [0.2, 0.25) is 0 Å². The zero-order chi connectivity index (χ0) is 17.6. The number of nitrogens with two attached hydrogens (primary N) is 1. The van der Waals surface area contributed by atoms with E-state index >= 15 is 0 Å².